The lowest BCUT2D eigenvalue weighted by atomic mass is 9.84. The molecule has 630 valence electrons. The minimum absolute atomic E-state index is 0. The number of non-ortho nitro benzene ring substituents is 1. The van der Waals surface area contributed by atoms with Gasteiger partial charge in [0.1, 0.15) is 55.9 Å². The quantitative estimate of drug-likeness (QED) is 0.00206. The maximum Gasteiger partial charge on any atom is 0.514 e. The minimum atomic E-state index is -1.02. The summed E-state index contributed by atoms with van der Waals surface area (Å²) in [7, 11) is 7.63. The molecule has 0 radical (unpaired) electrons. The fourth-order valence-corrected chi connectivity index (χ4v) is 14.4. The molecule has 0 unspecified atom stereocenters. The number of esters is 3. The first-order valence-corrected chi connectivity index (χ1v) is 38.7. The van der Waals surface area contributed by atoms with Gasteiger partial charge in [0.25, 0.3) is 5.69 Å². The Kier molecular flexibility index (Phi) is 39.8. The molecule has 0 spiro atoms. The third-order valence-electron chi connectivity index (χ3n) is 16.5. The van der Waals surface area contributed by atoms with Gasteiger partial charge >= 0.3 is 36.2 Å². The van der Waals surface area contributed by atoms with Crippen LogP contribution in [0, 0.1) is 10.1 Å². The number of nitro groups is 1. The number of benzene rings is 10. The molecule has 10 aromatic rings. The molecule has 0 fully saturated rings. The second-order valence-corrected chi connectivity index (χ2v) is 27.9. The zero-order valence-electron chi connectivity index (χ0n) is 65.2. The molecule has 10 aromatic carbocycles. The normalized spacial score (nSPS) is 10.7. The first-order chi connectivity index (χ1) is 56.9. The van der Waals surface area contributed by atoms with Crippen LogP contribution in [-0.4, -0.2) is 113 Å². The van der Waals surface area contributed by atoms with Gasteiger partial charge in [0.15, 0.2) is 34.5 Å². The van der Waals surface area contributed by atoms with E-state index in [0.29, 0.717) is 45.4 Å². The number of methoxy groups -OCH3 is 5. The highest BCUT2D eigenvalue weighted by Crippen LogP contribution is 2.51. The number of nitrogens with two attached hydrogens (primary N) is 7. The fraction of sp³-hybridized carbons (Fsp3) is 0.233. The highest BCUT2D eigenvalue weighted by molar-refractivity contribution is 8.00. The van der Waals surface area contributed by atoms with E-state index in [0.717, 1.165) is 44.9 Å². The number of nitrogens with one attached hydrogen (secondary N) is 2. The molecule has 0 aliphatic heterocycles. The molecular formula is C86H98N10O20S3. The van der Waals surface area contributed by atoms with Gasteiger partial charge in [-0.1, -0.05) is 171 Å². The number of hydrogen-bond donors (Lipinski definition) is 10. The van der Waals surface area contributed by atoms with Gasteiger partial charge in [0.05, 0.1) is 69.2 Å². The summed E-state index contributed by atoms with van der Waals surface area (Å²) in [5, 5.41) is 15.2. The number of ether oxygens (including phenoxy) is 12. The van der Waals surface area contributed by atoms with Crippen molar-refractivity contribution >= 4 is 78.1 Å². The van der Waals surface area contributed by atoms with Crippen molar-refractivity contribution in [2.45, 2.75) is 74.9 Å². The van der Waals surface area contributed by atoms with E-state index in [1.165, 1.54) is 45.6 Å². The van der Waals surface area contributed by atoms with Gasteiger partial charge in [0, 0.05) is 29.4 Å². The summed E-state index contributed by atoms with van der Waals surface area (Å²) in [5.74, 6) is 3.42. The largest absolute Gasteiger partial charge is 0.514 e. The standard InChI is InChI=1S/C38H33NO9S.C33H35N3O6S.C13H19N3O5S.CH7N3.CH4/c1-44-32-18-14-30(15-19-32)38(28-9-5-3-6-10-28,29-11-7-4-8-12-29)49-24-23-36(40)48-34-22-13-27(25-35(34)45-2)26-46-37(41)47-33-20-16-31(17-21-33)39(42)43;1-39-27-16-14-26(15-17-27)33(24-9-5-3-6-10-24,25-11-7-4-8-12-25)43-20-19-30(37)42-28-18-13-23(21-29(28)40-2)22-41-32(38)36-31(34)35;1-19-10-6-8(7-20-13(18)16-12(14)15)2-3-9(10)21-11(17)4-5-22;2-1(3)4;/h3-22,25H,23-24,26H2,1-2H3;3-18,21,31H,19-20,22,34-35H2,1-2H3,(H,36,38);2-3,6,12,22H,4-5,7,14-15H2,1H3,(H,16,18);1H,2-4H2;1H4. The van der Waals surface area contributed by atoms with Crippen LogP contribution in [0.2, 0.25) is 0 Å². The van der Waals surface area contributed by atoms with Crippen molar-refractivity contribution in [3.8, 4) is 51.7 Å². The number of carbonyl (C=O) groups excluding carboxylic acids is 6. The van der Waals surface area contributed by atoms with Gasteiger partial charge in [-0.3, -0.25) is 58.1 Å². The van der Waals surface area contributed by atoms with Crippen LogP contribution >= 0.6 is 36.2 Å². The summed E-state index contributed by atoms with van der Waals surface area (Å²) in [6.45, 7) is -0.217. The van der Waals surface area contributed by atoms with Crippen LogP contribution in [0.4, 0.5) is 20.1 Å². The topological polar surface area (TPSA) is 463 Å². The van der Waals surface area contributed by atoms with Crippen molar-refractivity contribution in [2.75, 3.05) is 52.8 Å². The van der Waals surface area contributed by atoms with Crippen LogP contribution in [0.5, 0.6) is 51.7 Å². The molecule has 33 heteroatoms. The van der Waals surface area contributed by atoms with Gasteiger partial charge in [-0.05, 0) is 123 Å². The summed E-state index contributed by atoms with van der Waals surface area (Å²) in [5.41, 5.74) is 43.1. The zero-order valence-corrected chi connectivity index (χ0v) is 67.7. The van der Waals surface area contributed by atoms with Crippen molar-refractivity contribution in [2.24, 2.45) is 40.1 Å². The zero-order chi connectivity index (χ0) is 85.4. The SMILES string of the molecule is C.COc1cc(COC(=O)NC(N)N)ccc1OC(=O)CCS.COc1ccc(C(SCCC(=O)Oc2ccc(COC(=O)NC(N)N)cc2OC)(c2ccccc2)c2ccccc2)cc1.COc1ccc(C(SCCC(=O)Oc2ccc(COC(=O)Oc3ccc([N+](=O)[O-])cc3)cc2OC)(c2ccccc2)c2ccccc2)cc1.NC(N)N. The predicted octanol–water partition coefficient (Wildman–Crippen LogP) is 12.6. The Labute approximate surface area is 703 Å². The van der Waals surface area contributed by atoms with Gasteiger partial charge in [-0.2, -0.15) is 12.6 Å². The molecule has 0 aromatic heterocycles. The average Bonchev–Trinajstić information content (AvgIpc) is 0.760. The molecule has 0 aliphatic carbocycles. The lowest BCUT2D eigenvalue weighted by Gasteiger charge is -2.35. The summed E-state index contributed by atoms with van der Waals surface area (Å²) in [4.78, 5) is 83.0. The van der Waals surface area contributed by atoms with E-state index in [1.807, 2.05) is 97.1 Å². The molecule has 30 nitrogen and oxygen atoms in total. The number of thiol groups is 1. The van der Waals surface area contributed by atoms with Gasteiger partial charge in [-0.25, -0.2) is 14.4 Å². The number of nitro benzene ring substituents is 1. The van der Waals surface area contributed by atoms with E-state index in [4.69, 9.17) is 79.8 Å². The van der Waals surface area contributed by atoms with E-state index >= 15 is 0 Å². The van der Waals surface area contributed by atoms with Crippen molar-refractivity contribution in [3.05, 3.63) is 309 Å². The van der Waals surface area contributed by atoms with Crippen LogP contribution in [0.25, 0.3) is 0 Å². The Hall–Kier alpha value is -12.4. The maximum atomic E-state index is 13.2. The van der Waals surface area contributed by atoms with Crippen LogP contribution in [-0.2, 0) is 57.9 Å². The number of alkyl carbamates (subject to hydrolysis) is 2. The van der Waals surface area contributed by atoms with Crippen molar-refractivity contribution in [1.82, 2.24) is 10.6 Å². The fourth-order valence-electron chi connectivity index (χ4n) is 11.2. The Bertz CT molecular complexity index is 4740. The number of amides is 2. The van der Waals surface area contributed by atoms with E-state index < -0.39 is 69.5 Å². The Morgan fingerprint density at radius 2 is 0.681 bits per heavy atom. The smallest absolute Gasteiger partial charge is 0.497 e. The summed E-state index contributed by atoms with van der Waals surface area (Å²) in [6.07, 6.45) is -4.70. The third kappa shape index (κ3) is 29.9. The number of thioether (sulfide) groups is 2. The summed E-state index contributed by atoms with van der Waals surface area (Å²) < 4.78 is 62.4. The first kappa shape index (κ1) is 95.4. The Balaban J connectivity index is 0.000000286. The lowest BCUT2D eigenvalue weighted by Crippen LogP contribution is -2.48. The minimum Gasteiger partial charge on any atom is -0.497 e. The van der Waals surface area contributed by atoms with Crippen LogP contribution in [0.3, 0.4) is 0 Å². The van der Waals surface area contributed by atoms with E-state index in [9.17, 15) is 38.9 Å². The molecule has 119 heavy (non-hydrogen) atoms. The highest BCUT2D eigenvalue weighted by Gasteiger charge is 2.39. The predicted molar refractivity (Wildman–Crippen MR) is 458 cm³/mol. The molecule has 10 rings (SSSR count). The average molecular weight is 1690 g/mol. The first-order valence-electron chi connectivity index (χ1n) is 36.1. The second kappa shape index (κ2) is 49.6. The Morgan fingerprint density at radius 3 is 0.966 bits per heavy atom. The molecule has 0 aliphatic rings. The van der Waals surface area contributed by atoms with E-state index in [2.05, 4.69) is 113 Å². The number of hydrogen-bond acceptors (Lipinski definition) is 30. The van der Waals surface area contributed by atoms with Crippen molar-refractivity contribution in [1.29, 1.82) is 0 Å². The van der Waals surface area contributed by atoms with Crippen molar-refractivity contribution in [3.63, 3.8) is 0 Å². The monoisotopic (exact) mass is 1690 g/mol. The lowest BCUT2D eigenvalue weighted by molar-refractivity contribution is -0.384. The summed E-state index contributed by atoms with van der Waals surface area (Å²) >= 11 is 7.26. The highest BCUT2D eigenvalue weighted by atomic mass is 32.2. The van der Waals surface area contributed by atoms with Crippen molar-refractivity contribution < 1.29 is 90.5 Å². The van der Waals surface area contributed by atoms with E-state index in [-0.39, 0.29) is 80.9 Å². The molecule has 0 saturated heterocycles. The van der Waals surface area contributed by atoms with Gasteiger partial charge in [-0.15, -0.1) is 23.5 Å². The molecule has 0 atom stereocenters. The second-order valence-electron chi connectivity index (χ2n) is 24.8. The summed E-state index contributed by atoms with van der Waals surface area (Å²) in [6, 6.07) is 76.4. The maximum absolute atomic E-state index is 13.2. The van der Waals surface area contributed by atoms with E-state index in [1.54, 1.807) is 92.3 Å². The molecule has 0 heterocycles. The molecule has 0 saturated carbocycles. The Morgan fingerprint density at radius 1 is 0.387 bits per heavy atom. The molecular weight excluding hydrogens is 1590 g/mol. The molecule has 2 amide bonds. The number of nitrogens with zero attached hydrogens (tertiary/aromatic N) is 1. The number of rotatable bonds is 34. The van der Waals surface area contributed by atoms with Crippen LogP contribution < -0.4 is 93.4 Å². The van der Waals surface area contributed by atoms with Gasteiger partial charge in [0.2, 0.25) is 0 Å². The molecule has 0 bridgehead atoms. The number of carbonyl (C=O) groups is 6. The van der Waals surface area contributed by atoms with Crippen LogP contribution in [0.1, 0.15) is 76.8 Å². The molecule has 16 N–H and O–H groups in total. The third-order valence-corrected chi connectivity index (χ3v) is 19.9. The van der Waals surface area contributed by atoms with Gasteiger partial charge < -0.3 is 74.0 Å². The van der Waals surface area contributed by atoms with Crippen LogP contribution in [0.15, 0.2) is 249 Å².